The van der Waals surface area contributed by atoms with Crippen molar-refractivity contribution in [3.8, 4) is 0 Å². The van der Waals surface area contributed by atoms with Crippen LogP contribution in [0, 0.1) is 6.92 Å². The number of piperazine rings is 1. The molecule has 6 nitrogen and oxygen atoms in total. The van der Waals surface area contributed by atoms with Gasteiger partial charge in [-0.2, -0.15) is 0 Å². The van der Waals surface area contributed by atoms with Gasteiger partial charge in [0.05, 0.1) is 6.54 Å². The van der Waals surface area contributed by atoms with E-state index >= 15 is 0 Å². The van der Waals surface area contributed by atoms with Crippen molar-refractivity contribution in [3.05, 3.63) is 47.4 Å². The summed E-state index contributed by atoms with van der Waals surface area (Å²) in [5.74, 6) is 2.24. The number of nitrogens with zero attached hydrogens (tertiary/aromatic N) is 4. The molecule has 1 saturated heterocycles. The van der Waals surface area contributed by atoms with E-state index in [1.54, 1.807) is 0 Å². The molecule has 1 aromatic heterocycles. The van der Waals surface area contributed by atoms with Crippen LogP contribution in [0.4, 0.5) is 11.5 Å². The Hall–Kier alpha value is -2.47. The molecule has 30 heavy (non-hydrogen) atoms. The van der Waals surface area contributed by atoms with Gasteiger partial charge in [-0.05, 0) is 24.0 Å². The first-order chi connectivity index (χ1) is 14.1. The molecule has 1 N–H and O–H groups in total. The number of carbonyl (C=O) groups is 1. The van der Waals surface area contributed by atoms with Crippen LogP contribution < -0.4 is 10.2 Å². The van der Waals surface area contributed by atoms with Crippen LogP contribution in [-0.2, 0) is 10.2 Å². The van der Waals surface area contributed by atoms with E-state index in [1.807, 2.05) is 25.1 Å². The highest BCUT2D eigenvalue weighted by Gasteiger charge is 2.23. The first kappa shape index (κ1) is 22.2. The number of nitrogens with one attached hydrogen (secondary N) is 1. The SMILES string of the molecule is Cc1cc(N2CCN(CC(=O)Nc3ccccc3C(C)(C)C)CC2)nc(C(C)C)n1. The van der Waals surface area contributed by atoms with E-state index in [9.17, 15) is 4.79 Å². The highest BCUT2D eigenvalue weighted by Crippen LogP contribution is 2.29. The normalized spacial score (nSPS) is 15.5. The lowest BCUT2D eigenvalue weighted by atomic mass is 9.86. The molecule has 1 aliphatic rings. The summed E-state index contributed by atoms with van der Waals surface area (Å²) in [7, 11) is 0. The number of benzene rings is 1. The molecule has 0 aliphatic carbocycles. The predicted octanol–water partition coefficient (Wildman–Crippen LogP) is 3.97. The number of aromatic nitrogens is 2. The Bertz CT molecular complexity index is 879. The summed E-state index contributed by atoms with van der Waals surface area (Å²) in [6.07, 6.45) is 0. The minimum absolute atomic E-state index is 0.0139. The minimum Gasteiger partial charge on any atom is -0.354 e. The Morgan fingerprint density at radius 2 is 1.77 bits per heavy atom. The number of hydrogen-bond acceptors (Lipinski definition) is 5. The topological polar surface area (TPSA) is 61.4 Å². The zero-order chi connectivity index (χ0) is 21.9. The van der Waals surface area contributed by atoms with E-state index in [-0.39, 0.29) is 11.3 Å². The van der Waals surface area contributed by atoms with Gasteiger partial charge >= 0.3 is 0 Å². The summed E-state index contributed by atoms with van der Waals surface area (Å²) in [5.41, 5.74) is 3.05. The van der Waals surface area contributed by atoms with Gasteiger partial charge in [0.2, 0.25) is 5.91 Å². The zero-order valence-corrected chi connectivity index (χ0v) is 19.2. The number of carbonyl (C=O) groups excluding carboxylic acids is 1. The molecule has 1 amide bonds. The van der Waals surface area contributed by atoms with E-state index in [4.69, 9.17) is 4.98 Å². The third-order valence-corrected chi connectivity index (χ3v) is 5.45. The van der Waals surface area contributed by atoms with E-state index < -0.39 is 0 Å². The van der Waals surface area contributed by atoms with E-state index in [0.717, 1.165) is 54.8 Å². The fourth-order valence-corrected chi connectivity index (χ4v) is 3.77. The fraction of sp³-hybridized carbons (Fsp3) is 0.542. The molecule has 162 valence electrons. The first-order valence-corrected chi connectivity index (χ1v) is 10.9. The van der Waals surface area contributed by atoms with Crippen molar-refractivity contribution < 1.29 is 4.79 Å². The molecule has 0 spiro atoms. The summed E-state index contributed by atoms with van der Waals surface area (Å²) in [6.45, 7) is 16.6. The number of hydrogen-bond donors (Lipinski definition) is 1. The lowest BCUT2D eigenvalue weighted by Crippen LogP contribution is -2.49. The van der Waals surface area contributed by atoms with Crippen LogP contribution in [0.1, 0.15) is 57.6 Å². The van der Waals surface area contributed by atoms with Crippen LogP contribution in [0.15, 0.2) is 30.3 Å². The molecule has 1 aliphatic heterocycles. The average molecular weight is 410 g/mol. The molecule has 0 radical (unpaired) electrons. The maximum absolute atomic E-state index is 12.7. The summed E-state index contributed by atoms with van der Waals surface area (Å²) in [6, 6.07) is 10.1. The van der Waals surface area contributed by atoms with E-state index in [2.05, 4.69) is 66.9 Å². The van der Waals surface area contributed by atoms with Crippen molar-refractivity contribution in [2.75, 3.05) is 42.9 Å². The highest BCUT2D eigenvalue weighted by atomic mass is 16.2. The minimum atomic E-state index is -0.0139. The largest absolute Gasteiger partial charge is 0.354 e. The van der Waals surface area contributed by atoms with Gasteiger partial charge in [0.15, 0.2) is 0 Å². The van der Waals surface area contributed by atoms with Crippen molar-refractivity contribution in [3.63, 3.8) is 0 Å². The lowest BCUT2D eigenvalue weighted by Gasteiger charge is -2.35. The second-order valence-electron chi connectivity index (χ2n) is 9.49. The molecule has 0 bridgehead atoms. The zero-order valence-electron chi connectivity index (χ0n) is 19.2. The van der Waals surface area contributed by atoms with E-state index in [0.29, 0.717) is 12.5 Å². The predicted molar refractivity (Wildman–Crippen MR) is 123 cm³/mol. The number of para-hydroxylation sites is 1. The molecular formula is C24H35N5O. The summed E-state index contributed by atoms with van der Waals surface area (Å²) < 4.78 is 0. The molecule has 0 saturated carbocycles. The second-order valence-corrected chi connectivity index (χ2v) is 9.49. The summed E-state index contributed by atoms with van der Waals surface area (Å²) >= 11 is 0. The number of aryl methyl sites for hydroxylation is 1. The fourth-order valence-electron chi connectivity index (χ4n) is 3.77. The molecule has 1 aromatic carbocycles. The maximum atomic E-state index is 12.7. The Morgan fingerprint density at radius 1 is 1.10 bits per heavy atom. The van der Waals surface area contributed by atoms with Gasteiger partial charge in [-0.25, -0.2) is 9.97 Å². The summed E-state index contributed by atoms with van der Waals surface area (Å²) in [5, 5.41) is 3.12. The van der Waals surface area contributed by atoms with Crippen molar-refractivity contribution in [1.82, 2.24) is 14.9 Å². The molecule has 0 unspecified atom stereocenters. The van der Waals surface area contributed by atoms with Crippen LogP contribution in [0.2, 0.25) is 0 Å². The second kappa shape index (κ2) is 9.13. The van der Waals surface area contributed by atoms with Crippen LogP contribution in [0.5, 0.6) is 0 Å². The average Bonchev–Trinajstić information content (AvgIpc) is 2.67. The Labute approximate surface area is 180 Å². The third-order valence-electron chi connectivity index (χ3n) is 5.45. The number of rotatable bonds is 5. The van der Waals surface area contributed by atoms with Gasteiger partial charge in [-0.1, -0.05) is 52.8 Å². The molecule has 2 heterocycles. The van der Waals surface area contributed by atoms with Crippen molar-refractivity contribution in [1.29, 1.82) is 0 Å². The monoisotopic (exact) mass is 409 g/mol. The van der Waals surface area contributed by atoms with Crippen LogP contribution in [0.3, 0.4) is 0 Å². The van der Waals surface area contributed by atoms with Crippen LogP contribution >= 0.6 is 0 Å². The lowest BCUT2D eigenvalue weighted by molar-refractivity contribution is -0.117. The highest BCUT2D eigenvalue weighted by molar-refractivity contribution is 5.93. The smallest absolute Gasteiger partial charge is 0.238 e. The van der Waals surface area contributed by atoms with Crippen molar-refractivity contribution in [2.24, 2.45) is 0 Å². The quantitative estimate of drug-likeness (QED) is 0.810. The number of anilines is 2. The molecule has 3 rings (SSSR count). The Morgan fingerprint density at radius 3 is 2.40 bits per heavy atom. The van der Waals surface area contributed by atoms with Crippen molar-refractivity contribution in [2.45, 2.75) is 52.9 Å². The Kier molecular flexibility index (Phi) is 6.76. The molecule has 2 aromatic rings. The van der Waals surface area contributed by atoms with Gasteiger partial charge in [-0.3, -0.25) is 9.69 Å². The van der Waals surface area contributed by atoms with Crippen LogP contribution in [0.25, 0.3) is 0 Å². The number of amides is 1. The van der Waals surface area contributed by atoms with Gasteiger partial charge < -0.3 is 10.2 Å². The molecule has 1 fully saturated rings. The molecule has 6 heteroatoms. The van der Waals surface area contributed by atoms with Gasteiger partial charge in [0, 0.05) is 49.5 Å². The van der Waals surface area contributed by atoms with Crippen molar-refractivity contribution >= 4 is 17.4 Å². The molecular weight excluding hydrogens is 374 g/mol. The molecule has 0 atom stereocenters. The van der Waals surface area contributed by atoms with Gasteiger partial charge in [-0.15, -0.1) is 0 Å². The van der Waals surface area contributed by atoms with Gasteiger partial charge in [0.25, 0.3) is 0 Å². The maximum Gasteiger partial charge on any atom is 0.238 e. The van der Waals surface area contributed by atoms with Gasteiger partial charge in [0.1, 0.15) is 11.6 Å². The Balaban J connectivity index is 1.57. The van der Waals surface area contributed by atoms with Crippen LogP contribution in [-0.4, -0.2) is 53.5 Å². The van der Waals surface area contributed by atoms with E-state index in [1.165, 1.54) is 0 Å². The standard InChI is InChI=1S/C24H35N5O/c1-17(2)23-25-18(3)15-21(27-23)29-13-11-28(12-14-29)16-22(30)26-20-10-8-7-9-19(20)24(4,5)6/h7-10,15,17H,11-14,16H2,1-6H3,(H,26,30). The third kappa shape index (κ3) is 5.57. The first-order valence-electron chi connectivity index (χ1n) is 10.9. The summed E-state index contributed by atoms with van der Waals surface area (Å²) in [4.78, 5) is 26.5.